The Hall–Kier alpha value is -1.95. The minimum atomic E-state index is -0.982. The van der Waals surface area contributed by atoms with E-state index in [1.807, 2.05) is 0 Å². The summed E-state index contributed by atoms with van der Waals surface area (Å²) in [6.07, 6.45) is 3.91. The number of benzene rings is 1. The zero-order valence-electron chi connectivity index (χ0n) is 10.1. The van der Waals surface area contributed by atoms with Crippen molar-refractivity contribution in [1.82, 2.24) is 4.98 Å². The van der Waals surface area contributed by atoms with Gasteiger partial charge in [0.15, 0.2) is 0 Å². The lowest BCUT2D eigenvalue weighted by Gasteiger charge is -2.08. The Morgan fingerprint density at radius 2 is 2.26 bits per heavy atom. The number of carbonyl (C=O) groups is 1. The molecule has 0 aliphatic rings. The van der Waals surface area contributed by atoms with E-state index in [2.05, 4.69) is 4.98 Å². The molecule has 0 aliphatic heterocycles. The summed E-state index contributed by atoms with van der Waals surface area (Å²) in [7, 11) is 0. The van der Waals surface area contributed by atoms with Crippen molar-refractivity contribution in [2.45, 2.75) is 11.6 Å². The Bertz CT molecular complexity index is 527. The van der Waals surface area contributed by atoms with Crippen LogP contribution in [0.2, 0.25) is 0 Å². The first-order valence-electron chi connectivity index (χ1n) is 5.75. The fourth-order valence-corrected chi connectivity index (χ4v) is 2.15. The van der Waals surface area contributed by atoms with E-state index in [0.717, 1.165) is 12.2 Å². The molecule has 0 atom stereocenters. The van der Waals surface area contributed by atoms with Crippen LogP contribution in [-0.2, 0) is 0 Å². The van der Waals surface area contributed by atoms with E-state index in [9.17, 15) is 4.79 Å². The Morgan fingerprint density at radius 1 is 1.42 bits per heavy atom. The fraction of sp³-hybridized carbons (Fsp3) is 0.231. The second-order valence-corrected chi connectivity index (χ2v) is 4.70. The molecule has 0 unspecified atom stereocenters. The number of nitrogens with zero attached hydrogens (tertiary/aromatic N) is 1. The molecule has 1 aromatic carbocycles. The molecule has 5 nitrogen and oxygen atoms in total. The van der Waals surface area contributed by atoms with Gasteiger partial charge in [-0.1, -0.05) is 23.9 Å². The summed E-state index contributed by atoms with van der Waals surface area (Å²) in [6.45, 7) is 0.456. The molecule has 1 aromatic heterocycles. The molecule has 2 aromatic rings. The largest absolute Gasteiger partial charge is 0.493 e. The Kier molecular flexibility index (Phi) is 4.85. The predicted molar refractivity (Wildman–Crippen MR) is 70.7 cm³/mol. The van der Waals surface area contributed by atoms with Crippen LogP contribution in [0.25, 0.3) is 0 Å². The lowest BCUT2D eigenvalue weighted by Crippen LogP contribution is -2.04. The lowest BCUT2D eigenvalue weighted by molar-refractivity contribution is 0.0692. The second-order valence-electron chi connectivity index (χ2n) is 3.65. The Balaban J connectivity index is 1.75. The van der Waals surface area contributed by atoms with Crippen molar-refractivity contribution in [2.75, 3.05) is 12.4 Å². The third-order valence-corrected chi connectivity index (χ3v) is 3.24. The first kappa shape index (κ1) is 13.5. The van der Waals surface area contributed by atoms with E-state index < -0.39 is 5.97 Å². The van der Waals surface area contributed by atoms with Gasteiger partial charge in [0.1, 0.15) is 17.6 Å². The molecule has 0 amide bonds. The topological polar surface area (TPSA) is 72.6 Å². The molecule has 0 bridgehead atoms. The lowest BCUT2D eigenvalue weighted by atomic mass is 10.2. The molecule has 0 saturated carbocycles. The minimum absolute atomic E-state index is 0.183. The van der Waals surface area contributed by atoms with E-state index in [1.54, 1.807) is 24.4 Å². The number of para-hydroxylation sites is 1. The summed E-state index contributed by atoms with van der Waals surface area (Å²) >= 11 is 1.50. The Labute approximate surface area is 114 Å². The SMILES string of the molecule is O=C(O)c1ccccc1OCCCSc1ncco1. The number of aromatic carboxylic acids is 1. The average molecular weight is 279 g/mol. The van der Waals surface area contributed by atoms with E-state index in [0.29, 0.717) is 17.6 Å². The smallest absolute Gasteiger partial charge is 0.339 e. The highest BCUT2D eigenvalue weighted by Gasteiger charge is 2.09. The van der Waals surface area contributed by atoms with E-state index in [1.165, 1.54) is 24.1 Å². The second kappa shape index (κ2) is 6.84. The number of thioether (sulfide) groups is 1. The van der Waals surface area contributed by atoms with Gasteiger partial charge in [-0.05, 0) is 18.6 Å². The summed E-state index contributed by atoms with van der Waals surface area (Å²) < 4.78 is 10.6. The fourth-order valence-electron chi connectivity index (χ4n) is 1.45. The molecular weight excluding hydrogens is 266 g/mol. The van der Waals surface area contributed by atoms with Gasteiger partial charge in [0.25, 0.3) is 5.22 Å². The maximum atomic E-state index is 11.0. The number of hydrogen-bond donors (Lipinski definition) is 1. The van der Waals surface area contributed by atoms with Gasteiger partial charge in [0.2, 0.25) is 0 Å². The molecule has 1 N–H and O–H groups in total. The van der Waals surface area contributed by atoms with Gasteiger partial charge in [0.05, 0.1) is 12.8 Å². The van der Waals surface area contributed by atoms with Gasteiger partial charge in [-0.25, -0.2) is 9.78 Å². The molecule has 1 heterocycles. The van der Waals surface area contributed by atoms with Crippen LogP contribution in [0.1, 0.15) is 16.8 Å². The van der Waals surface area contributed by atoms with Crippen LogP contribution in [0.4, 0.5) is 0 Å². The van der Waals surface area contributed by atoms with Crippen LogP contribution in [0.5, 0.6) is 5.75 Å². The summed E-state index contributed by atoms with van der Waals surface area (Å²) in [4.78, 5) is 14.9. The molecule has 6 heteroatoms. The number of carboxylic acids is 1. The van der Waals surface area contributed by atoms with Crippen molar-refractivity contribution < 1.29 is 19.1 Å². The monoisotopic (exact) mass is 279 g/mol. The van der Waals surface area contributed by atoms with E-state index in [-0.39, 0.29) is 5.56 Å². The third kappa shape index (κ3) is 4.03. The summed E-state index contributed by atoms with van der Waals surface area (Å²) in [5.74, 6) is 0.219. The van der Waals surface area contributed by atoms with Crippen molar-refractivity contribution in [3.8, 4) is 5.75 Å². The van der Waals surface area contributed by atoms with Crippen molar-refractivity contribution in [3.63, 3.8) is 0 Å². The van der Waals surface area contributed by atoms with Gasteiger partial charge in [-0.2, -0.15) is 0 Å². The van der Waals surface area contributed by atoms with Crippen LogP contribution >= 0.6 is 11.8 Å². The van der Waals surface area contributed by atoms with Gasteiger partial charge in [-0.15, -0.1) is 0 Å². The molecule has 0 fully saturated rings. The number of oxazole rings is 1. The van der Waals surface area contributed by atoms with E-state index in [4.69, 9.17) is 14.3 Å². The first-order chi connectivity index (χ1) is 9.27. The third-order valence-electron chi connectivity index (χ3n) is 2.30. The Morgan fingerprint density at radius 3 is 3.00 bits per heavy atom. The van der Waals surface area contributed by atoms with Crippen LogP contribution in [0.3, 0.4) is 0 Å². The van der Waals surface area contributed by atoms with Gasteiger partial charge in [-0.3, -0.25) is 0 Å². The average Bonchev–Trinajstić information content (AvgIpc) is 2.92. The minimum Gasteiger partial charge on any atom is -0.493 e. The van der Waals surface area contributed by atoms with Crippen molar-refractivity contribution in [1.29, 1.82) is 0 Å². The van der Waals surface area contributed by atoms with Crippen LogP contribution < -0.4 is 4.74 Å². The first-order valence-corrected chi connectivity index (χ1v) is 6.73. The molecule has 0 saturated heterocycles. The zero-order valence-corrected chi connectivity index (χ0v) is 10.9. The van der Waals surface area contributed by atoms with Crippen molar-refractivity contribution >= 4 is 17.7 Å². The predicted octanol–water partition coefficient (Wildman–Crippen LogP) is 2.93. The van der Waals surface area contributed by atoms with Crippen molar-refractivity contribution in [3.05, 3.63) is 42.3 Å². The summed E-state index contributed by atoms with van der Waals surface area (Å²) in [6, 6.07) is 6.61. The highest BCUT2D eigenvalue weighted by atomic mass is 32.2. The zero-order chi connectivity index (χ0) is 13.5. The number of hydrogen-bond acceptors (Lipinski definition) is 5. The number of carboxylic acid groups (broad SMARTS) is 1. The normalized spacial score (nSPS) is 10.3. The standard InChI is InChI=1S/C13H13NO4S/c15-12(16)10-4-1-2-5-11(10)17-7-3-9-19-13-14-6-8-18-13/h1-2,4-6,8H,3,7,9H2,(H,15,16). The van der Waals surface area contributed by atoms with Crippen LogP contribution in [0, 0.1) is 0 Å². The maximum Gasteiger partial charge on any atom is 0.339 e. The molecule has 0 radical (unpaired) electrons. The molecule has 2 rings (SSSR count). The van der Waals surface area contributed by atoms with Crippen LogP contribution in [0.15, 0.2) is 46.4 Å². The van der Waals surface area contributed by atoms with Gasteiger partial charge >= 0.3 is 5.97 Å². The molecule has 100 valence electrons. The number of ether oxygens (including phenoxy) is 1. The maximum absolute atomic E-state index is 11.0. The quantitative estimate of drug-likeness (QED) is 0.620. The van der Waals surface area contributed by atoms with Gasteiger partial charge < -0.3 is 14.3 Å². The summed E-state index contributed by atoms with van der Waals surface area (Å²) in [5.41, 5.74) is 0.183. The molecule has 19 heavy (non-hydrogen) atoms. The molecule has 0 aliphatic carbocycles. The van der Waals surface area contributed by atoms with Crippen molar-refractivity contribution in [2.24, 2.45) is 0 Å². The number of aromatic nitrogens is 1. The van der Waals surface area contributed by atoms with Crippen LogP contribution in [-0.4, -0.2) is 28.4 Å². The van der Waals surface area contributed by atoms with E-state index >= 15 is 0 Å². The number of rotatable bonds is 7. The highest BCUT2D eigenvalue weighted by molar-refractivity contribution is 7.99. The molecule has 0 spiro atoms. The summed E-state index contributed by atoms with van der Waals surface area (Å²) in [5, 5.41) is 9.62. The highest BCUT2D eigenvalue weighted by Crippen LogP contribution is 2.19. The molecular formula is C13H13NO4S. The van der Waals surface area contributed by atoms with Gasteiger partial charge in [0, 0.05) is 5.75 Å².